The van der Waals surface area contributed by atoms with E-state index in [1.807, 2.05) is 38.1 Å². The maximum Gasteiger partial charge on any atom is 0.258 e. The van der Waals surface area contributed by atoms with Gasteiger partial charge in [0.05, 0.1) is 37.3 Å². The fourth-order valence-corrected chi connectivity index (χ4v) is 6.74. The number of ketones is 1. The van der Waals surface area contributed by atoms with Crippen molar-refractivity contribution in [2.24, 2.45) is 0 Å². The monoisotopic (exact) mass is 678 g/mol. The zero-order valence-corrected chi connectivity index (χ0v) is 28.8. The first-order valence-electron chi connectivity index (χ1n) is 16.4. The standard InChI is InChI=1S/C37H43FN2O7S/c1-5-39(6-2)37(42)35-32-22-31(27-11-12-27)33(23-34(32)47-36(35)28-13-15-30(38)16-14-28)40(48(4,43)44)17-20-45-18-8-19-46-24-26-9-7-10-29(21-26)25(3)41/h7,9-10,13-16,21-23,27H,5-6,8,11-12,17-20,24H2,1-4H3. The van der Waals surface area contributed by atoms with Crippen molar-refractivity contribution in [3.63, 3.8) is 0 Å². The second-order valence-corrected chi connectivity index (χ2v) is 14.0. The van der Waals surface area contributed by atoms with Gasteiger partial charge in [0.2, 0.25) is 10.0 Å². The molecule has 1 saturated carbocycles. The van der Waals surface area contributed by atoms with Crippen molar-refractivity contribution in [1.29, 1.82) is 0 Å². The van der Waals surface area contributed by atoms with Crippen molar-refractivity contribution in [3.8, 4) is 11.3 Å². The minimum absolute atomic E-state index is 0.00612. The number of hydrogen-bond donors (Lipinski definition) is 0. The number of carbonyl (C=O) groups is 2. The Morgan fingerprint density at radius 2 is 1.67 bits per heavy atom. The molecule has 5 rings (SSSR count). The van der Waals surface area contributed by atoms with Gasteiger partial charge in [0.25, 0.3) is 5.91 Å². The molecular weight excluding hydrogens is 635 g/mol. The molecule has 1 heterocycles. The van der Waals surface area contributed by atoms with Gasteiger partial charge in [-0.15, -0.1) is 0 Å². The first-order valence-corrected chi connectivity index (χ1v) is 18.2. The van der Waals surface area contributed by atoms with Gasteiger partial charge in [-0.1, -0.05) is 18.2 Å². The number of benzene rings is 3. The number of carbonyl (C=O) groups excluding carboxylic acids is 2. The summed E-state index contributed by atoms with van der Waals surface area (Å²) in [5.74, 6) is -0.117. The highest BCUT2D eigenvalue weighted by Gasteiger charge is 2.33. The van der Waals surface area contributed by atoms with Crippen LogP contribution < -0.4 is 4.31 Å². The maximum absolute atomic E-state index is 13.8. The van der Waals surface area contributed by atoms with Crippen LogP contribution in [-0.4, -0.2) is 70.7 Å². The molecule has 0 unspecified atom stereocenters. The molecule has 0 spiro atoms. The third kappa shape index (κ3) is 8.32. The Morgan fingerprint density at radius 1 is 0.958 bits per heavy atom. The Bertz CT molecular complexity index is 1860. The highest BCUT2D eigenvalue weighted by molar-refractivity contribution is 7.92. The number of anilines is 1. The number of sulfonamides is 1. The molecule has 256 valence electrons. The van der Waals surface area contributed by atoms with Crippen LogP contribution in [0.15, 0.2) is 65.1 Å². The molecule has 0 bridgehead atoms. The Balaban J connectivity index is 1.34. The van der Waals surface area contributed by atoms with E-state index < -0.39 is 15.8 Å². The molecule has 11 heteroatoms. The summed E-state index contributed by atoms with van der Waals surface area (Å²) in [5.41, 5.74) is 4.24. The van der Waals surface area contributed by atoms with Gasteiger partial charge in [-0.05, 0) is 93.5 Å². The predicted molar refractivity (Wildman–Crippen MR) is 185 cm³/mol. The lowest BCUT2D eigenvalue weighted by Crippen LogP contribution is -2.34. The Kier molecular flexibility index (Phi) is 11.3. The lowest BCUT2D eigenvalue weighted by Gasteiger charge is -2.25. The van der Waals surface area contributed by atoms with Crippen LogP contribution in [0.4, 0.5) is 10.1 Å². The molecule has 0 N–H and O–H groups in total. The second kappa shape index (κ2) is 15.4. The molecule has 1 fully saturated rings. The summed E-state index contributed by atoms with van der Waals surface area (Å²) in [6.07, 6.45) is 3.61. The number of halogens is 1. The molecule has 0 saturated heterocycles. The molecule has 1 aliphatic carbocycles. The summed E-state index contributed by atoms with van der Waals surface area (Å²) in [7, 11) is -3.71. The summed E-state index contributed by atoms with van der Waals surface area (Å²) >= 11 is 0. The summed E-state index contributed by atoms with van der Waals surface area (Å²) in [6, 6.07) is 16.7. The SMILES string of the molecule is CCN(CC)C(=O)c1c(-c2ccc(F)cc2)oc2cc(N(CCOCCCOCc3cccc(C(C)=O)c3)S(C)(=O)=O)c(C3CC3)cc12. The van der Waals surface area contributed by atoms with E-state index in [4.69, 9.17) is 13.9 Å². The topological polar surface area (TPSA) is 106 Å². The van der Waals surface area contributed by atoms with Crippen LogP contribution in [0, 0.1) is 5.82 Å². The van der Waals surface area contributed by atoms with Gasteiger partial charge in [-0.2, -0.15) is 0 Å². The van der Waals surface area contributed by atoms with Crippen LogP contribution in [0.25, 0.3) is 22.3 Å². The van der Waals surface area contributed by atoms with Gasteiger partial charge in [0.15, 0.2) is 5.78 Å². The van der Waals surface area contributed by atoms with Crippen molar-refractivity contribution in [2.45, 2.75) is 52.6 Å². The van der Waals surface area contributed by atoms with Gasteiger partial charge in [0, 0.05) is 48.9 Å². The molecule has 0 radical (unpaired) electrons. The number of hydrogen-bond acceptors (Lipinski definition) is 7. The molecule has 1 amide bonds. The van der Waals surface area contributed by atoms with Crippen molar-refractivity contribution >= 4 is 38.4 Å². The molecule has 3 aromatic carbocycles. The molecule has 1 aromatic heterocycles. The third-order valence-corrected chi connectivity index (χ3v) is 9.69. The Morgan fingerprint density at radius 3 is 2.31 bits per heavy atom. The predicted octanol–water partition coefficient (Wildman–Crippen LogP) is 7.19. The zero-order chi connectivity index (χ0) is 34.4. The summed E-state index contributed by atoms with van der Waals surface area (Å²) in [6.45, 7) is 7.83. The zero-order valence-electron chi connectivity index (χ0n) is 28.0. The molecule has 0 atom stereocenters. The third-order valence-electron chi connectivity index (χ3n) is 8.51. The van der Waals surface area contributed by atoms with Crippen LogP contribution in [0.3, 0.4) is 0 Å². The quantitative estimate of drug-likeness (QED) is 0.0860. The van der Waals surface area contributed by atoms with Gasteiger partial charge in [0.1, 0.15) is 17.2 Å². The normalized spacial score (nSPS) is 13.2. The fraction of sp³-hybridized carbons (Fsp3) is 0.405. The number of fused-ring (bicyclic) bond motifs is 1. The minimum atomic E-state index is -3.71. The molecular formula is C37H43FN2O7S. The van der Waals surface area contributed by atoms with Crippen LogP contribution in [0.2, 0.25) is 0 Å². The van der Waals surface area contributed by atoms with Crippen molar-refractivity contribution in [2.75, 3.05) is 50.0 Å². The lowest BCUT2D eigenvalue weighted by molar-refractivity contribution is 0.0773. The average Bonchev–Trinajstić information content (AvgIpc) is 3.84. The van der Waals surface area contributed by atoms with Crippen LogP contribution >= 0.6 is 0 Å². The molecule has 4 aromatic rings. The maximum atomic E-state index is 13.8. The largest absolute Gasteiger partial charge is 0.455 e. The number of rotatable bonds is 17. The van der Waals surface area contributed by atoms with Crippen LogP contribution in [0.1, 0.15) is 77.8 Å². The molecule has 48 heavy (non-hydrogen) atoms. The van der Waals surface area contributed by atoms with E-state index in [2.05, 4.69) is 0 Å². The van der Waals surface area contributed by atoms with Gasteiger partial charge in [-0.25, -0.2) is 12.8 Å². The van der Waals surface area contributed by atoms with Gasteiger partial charge >= 0.3 is 0 Å². The van der Waals surface area contributed by atoms with Crippen molar-refractivity contribution < 1.29 is 36.3 Å². The van der Waals surface area contributed by atoms with E-state index in [1.54, 1.807) is 29.2 Å². The lowest BCUT2D eigenvalue weighted by atomic mass is 10.00. The first kappa shape index (κ1) is 35.3. The van der Waals surface area contributed by atoms with E-state index >= 15 is 0 Å². The fourth-order valence-electron chi connectivity index (χ4n) is 5.82. The smallest absolute Gasteiger partial charge is 0.258 e. The van der Waals surface area contributed by atoms with E-state index in [1.165, 1.54) is 29.6 Å². The molecule has 1 aliphatic rings. The first-order chi connectivity index (χ1) is 23.0. The number of amides is 1. The van der Waals surface area contributed by atoms with E-state index in [9.17, 15) is 22.4 Å². The van der Waals surface area contributed by atoms with Gasteiger partial charge in [-0.3, -0.25) is 13.9 Å². The van der Waals surface area contributed by atoms with E-state index in [0.29, 0.717) is 78.4 Å². The summed E-state index contributed by atoms with van der Waals surface area (Å²) in [4.78, 5) is 27.2. The second-order valence-electron chi connectivity index (χ2n) is 12.1. The van der Waals surface area contributed by atoms with Crippen LogP contribution in [0.5, 0.6) is 0 Å². The van der Waals surface area contributed by atoms with Crippen molar-refractivity contribution in [1.82, 2.24) is 4.90 Å². The molecule has 0 aliphatic heterocycles. The highest BCUT2D eigenvalue weighted by Crippen LogP contribution is 2.48. The summed E-state index contributed by atoms with van der Waals surface area (Å²) in [5, 5.41) is 0.606. The summed E-state index contributed by atoms with van der Waals surface area (Å²) < 4.78 is 59.4. The highest BCUT2D eigenvalue weighted by atomic mass is 32.2. The van der Waals surface area contributed by atoms with Crippen molar-refractivity contribution in [3.05, 3.63) is 88.7 Å². The average molecular weight is 679 g/mol. The van der Waals surface area contributed by atoms with Crippen LogP contribution in [-0.2, 0) is 26.1 Å². The number of nitrogens with zero attached hydrogens (tertiary/aromatic N) is 2. The van der Waals surface area contributed by atoms with Gasteiger partial charge < -0.3 is 18.8 Å². The Labute approximate surface area is 281 Å². The van der Waals surface area contributed by atoms with E-state index in [0.717, 1.165) is 24.0 Å². The number of ether oxygens (including phenoxy) is 2. The minimum Gasteiger partial charge on any atom is -0.455 e. The Hall–Kier alpha value is -4.06. The van der Waals surface area contributed by atoms with E-state index in [-0.39, 0.29) is 30.8 Å². The number of furan rings is 1. The molecule has 9 nitrogen and oxygen atoms in total. The number of Topliss-reactive ketones (excluding diaryl/α,β-unsaturated/α-hetero) is 1.